The van der Waals surface area contributed by atoms with Crippen LogP contribution in [0.1, 0.15) is 20.3 Å². The molecule has 2 heteroatoms. The fourth-order valence-electron chi connectivity index (χ4n) is 1.39. The number of ether oxygens (including phenoxy) is 1. The molecule has 1 aliphatic heterocycles. The number of aliphatic hydroxyl groups excluding tert-OH is 1. The predicted molar refractivity (Wildman–Crippen MR) is 35.2 cm³/mol. The van der Waals surface area contributed by atoms with E-state index >= 15 is 0 Å². The highest BCUT2D eigenvalue weighted by Gasteiger charge is 2.28. The molecule has 0 saturated carbocycles. The second-order valence-electron chi connectivity index (χ2n) is 2.88. The number of hydrogen-bond donors (Lipinski definition) is 1. The third kappa shape index (κ3) is 1.43. The standard InChI is InChI=1S/C7H14O2/c1-5-3-6(2)9-7(5)4-8/h5-8H,3-4H2,1-2H3. The maximum Gasteiger partial charge on any atom is 0.0835 e. The lowest BCUT2D eigenvalue weighted by Gasteiger charge is -2.09. The molecule has 1 fully saturated rings. The van der Waals surface area contributed by atoms with Crippen LogP contribution in [0.3, 0.4) is 0 Å². The average molecular weight is 130 g/mol. The number of hydrogen-bond acceptors (Lipinski definition) is 2. The Morgan fingerprint density at radius 1 is 1.56 bits per heavy atom. The monoisotopic (exact) mass is 130 g/mol. The zero-order chi connectivity index (χ0) is 6.85. The molecule has 54 valence electrons. The molecule has 1 rings (SSSR count). The highest BCUT2D eigenvalue weighted by Crippen LogP contribution is 2.24. The van der Waals surface area contributed by atoms with E-state index in [9.17, 15) is 0 Å². The van der Waals surface area contributed by atoms with Crippen LogP contribution in [-0.2, 0) is 4.74 Å². The van der Waals surface area contributed by atoms with Gasteiger partial charge in [0.15, 0.2) is 0 Å². The van der Waals surface area contributed by atoms with Gasteiger partial charge >= 0.3 is 0 Å². The van der Waals surface area contributed by atoms with Crippen LogP contribution in [0, 0.1) is 5.92 Å². The van der Waals surface area contributed by atoms with E-state index in [-0.39, 0.29) is 12.7 Å². The first-order valence-electron chi connectivity index (χ1n) is 3.50. The van der Waals surface area contributed by atoms with Gasteiger partial charge in [-0.3, -0.25) is 0 Å². The molecule has 0 bridgehead atoms. The van der Waals surface area contributed by atoms with Crippen molar-refractivity contribution in [3.63, 3.8) is 0 Å². The van der Waals surface area contributed by atoms with Crippen molar-refractivity contribution < 1.29 is 9.84 Å². The molecule has 3 unspecified atom stereocenters. The smallest absolute Gasteiger partial charge is 0.0835 e. The van der Waals surface area contributed by atoms with Gasteiger partial charge in [0.2, 0.25) is 0 Å². The van der Waals surface area contributed by atoms with Crippen LogP contribution >= 0.6 is 0 Å². The predicted octanol–water partition coefficient (Wildman–Crippen LogP) is 0.792. The molecule has 3 atom stereocenters. The van der Waals surface area contributed by atoms with Gasteiger partial charge in [-0.15, -0.1) is 0 Å². The van der Waals surface area contributed by atoms with E-state index in [1.165, 1.54) is 0 Å². The van der Waals surface area contributed by atoms with Crippen molar-refractivity contribution in [3.8, 4) is 0 Å². The van der Waals surface area contributed by atoms with E-state index in [1.54, 1.807) is 0 Å². The maximum atomic E-state index is 8.73. The lowest BCUT2D eigenvalue weighted by atomic mass is 10.0. The molecule has 0 aromatic heterocycles. The van der Waals surface area contributed by atoms with Crippen molar-refractivity contribution >= 4 is 0 Å². The molecule has 2 nitrogen and oxygen atoms in total. The van der Waals surface area contributed by atoms with Gasteiger partial charge in [-0.2, -0.15) is 0 Å². The third-order valence-electron chi connectivity index (χ3n) is 1.93. The highest BCUT2D eigenvalue weighted by atomic mass is 16.5. The molecule has 0 aliphatic carbocycles. The second-order valence-corrected chi connectivity index (χ2v) is 2.88. The van der Waals surface area contributed by atoms with E-state index < -0.39 is 0 Å². The zero-order valence-corrected chi connectivity index (χ0v) is 6.00. The fraction of sp³-hybridized carbons (Fsp3) is 1.00. The molecule has 1 N–H and O–H groups in total. The van der Waals surface area contributed by atoms with Crippen LogP contribution in [0.25, 0.3) is 0 Å². The molecule has 1 heterocycles. The van der Waals surface area contributed by atoms with Gasteiger partial charge in [0, 0.05) is 0 Å². The summed E-state index contributed by atoms with van der Waals surface area (Å²) in [5.74, 6) is 0.532. The van der Waals surface area contributed by atoms with Crippen molar-refractivity contribution in [2.24, 2.45) is 5.92 Å². The van der Waals surface area contributed by atoms with Gasteiger partial charge < -0.3 is 9.84 Å². The summed E-state index contributed by atoms with van der Waals surface area (Å²) in [6.07, 6.45) is 1.53. The van der Waals surface area contributed by atoms with E-state index in [1.807, 2.05) is 6.92 Å². The third-order valence-corrected chi connectivity index (χ3v) is 1.93. The highest BCUT2D eigenvalue weighted by molar-refractivity contribution is 4.76. The summed E-state index contributed by atoms with van der Waals surface area (Å²) in [6, 6.07) is 0. The summed E-state index contributed by atoms with van der Waals surface area (Å²) in [6.45, 7) is 4.34. The Morgan fingerprint density at radius 3 is 2.44 bits per heavy atom. The Bertz CT molecular complexity index is 92.9. The van der Waals surface area contributed by atoms with E-state index in [2.05, 4.69) is 6.92 Å². The van der Waals surface area contributed by atoms with Crippen LogP contribution in [0.4, 0.5) is 0 Å². The van der Waals surface area contributed by atoms with Gasteiger partial charge in [-0.1, -0.05) is 6.92 Å². The minimum atomic E-state index is 0.0972. The van der Waals surface area contributed by atoms with Gasteiger partial charge in [0.1, 0.15) is 0 Å². The van der Waals surface area contributed by atoms with E-state index in [0.29, 0.717) is 12.0 Å². The van der Waals surface area contributed by atoms with E-state index in [4.69, 9.17) is 9.84 Å². The van der Waals surface area contributed by atoms with Gasteiger partial charge in [0.05, 0.1) is 18.8 Å². The molecule has 1 aliphatic rings. The molecule has 0 radical (unpaired) electrons. The molecule has 0 spiro atoms. The van der Waals surface area contributed by atoms with Gasteiger partial charge in [-0.05, 0) is 19.3 Å². The van der Waals surface area contributed by atoms with Crippen molar-refractivity contribution in [3.05, 3.63) is 0 Å². The average Bonchev–Trinajstić information content (AvgIpc) is 2.10. The van der Waals surface area contributed by atoms with Crippen LogP contribution in [-0.4, -0.2) is 23.9 Å². The lowest BCUT2D eigenvalue weighted by molar-refractivity contribution is 0.00884. The number of aliphatic hydroxyl groups is 1. The molecule has 0 aromatic rings. The summed E-state index contributed by atoms with van der Waals surface area (Å²) in [7, 11) is 0. The second kappa shape index (κ2) is 2.67. The van der Waals surface area contributed by atoms with Crippen molar-refractivity contribution in [1.29, 1.82) is 0 Å². The molecule has 0 amide bonds. The number of rotatable bonds is 1. The lowest BCUT2D eigenvalue weighted by Crippen LogP contribution is -2.18. The fourth-order valence-corrected chi connectivity index (χ4v) is 1.39. The largest absolute Gasteiger partial charge is 0.394 e. The van der Waals surface area contributed by atoms with E-state index in [0.717, 1.165) is 6.42 Å². The Kier molecular flexibility index (Phi) is 2.09. The topological polar surface area (TPSA) is 29.5 Å². The first-order chi connectivity index (χ1) is 4.24. The zero-order valence-electron chi connectivity index (χ0n) is 6.00. The molecular weight excluding hydrogens is 116 g/mol. The minimum Gasteiger partial charge on any atom is -0.394 e. The first kappa shape index (κ1) is 7.03. The summed E-state index contributed by atoms with van der Waals surface area (Å²) in [5.41, 5.74) is 0. The normalized spacial score (nSPS) is 43.7. The van der Waals surface area contributed by atoms with Crippen LogP contribution < -0.4 is 0 Å². The van der Waals surface area contributed by atoms with Crippen molar-refractivity contribution in [2.45, 2.75) is 32.5 Å². The molecule has 1 saturated heterocycles. The Balaban J connectivity index is 2.38. The van der Waals surface area contributed by atoms with Gasteiger partial charge in [-0.25, -0.2) is 0 Å². The summed E-state index contributed by atoms with van der Waals surface area (Å²) in [4.78, 5) is 0. The van der Waals surface area contributed by atoms with Crippen LogP contribution in [0.5, 0.6) is 0 Å². The SMILES string of the molecule is CC1CC(C)C(CO)O1. The van der Waals surface area contributed by atoms with Crippen molar-refractivity contribution in [1.82, 2.24) is 0 Å². The summed E-state index contributed by atoms with van der Waals surface area (Å²) in [5, 5.41) is 8.73. The molecular formula is C7H14O2. The molecule has 0 aromatic carbocycles. The summed E-state index contributed by atoms with van der Waals surface area (Å²) >= 11 is 0. The molecule has 9 heavy (non-hydrogen) atoms. The summed E-state index contributed by atoms with van der Waals surface area (Å²) < 4.78 is 5.37. The van der Waals surface area contributed by atoms with Crippen LogP contribution in [0.15, 0.2) is 0 Å². The minimum absolute atomic E-state index is 0.0972. The Morgan fingerprint density at radius 2 is 2.22 bits per heavy atom. The van der Waals surface area contributed by atoms with Crippen LogP contribution in [0.2, 0.25) is 0 Å². The Hall–Kier alpha value is -0.0800. The maximum absolute atomic E-state index is 8.73. The van der Waals surface area contributed by atoms with Crippen molar-refractivity contribution in [2.75, 3.05) is 6.61 Å². The van der Waals surface area contributed by atoms with Gasteiger partial charge in [0.25, 0.3) is 0 Å². The first-order valence-corrected chi connectivity index (χ1v) is 3.50. The Labute approximate surface area is 55.8 Å². The quantitative estimate of drug-likeness (QED) is 0.568.